The van der Waals surface area contributed by atoms with Crippen molar-refractivity contribution >= 4 is 35.8 Å². The molecule has 2 N–H and O–H groups in total. The zero-order valence-electron chi connectivity index (χ0n) is 19.0. The van der Waals surface area contributed by atoms with Crippen molar-refractivity contribution in [3.63, 3.8) is 0 Å². The maximum Gasteiger partial charge on any atom is 0.241 e. The van der Waals surface area contributed by atoms with E-state index in [1.165, 1.54) is 19.3 Å². The number of likely N-dealkylation sites (N-methyl/N-ethyl adjacent to an activating group) is 1. The summed E-state index contributed by atoms with van der Waals surface area (Å²) in [6.45, 7) is 3.61. The molecule has 32 heavy (non-hydrogen) atoms. The number of nitrogens with zero attached hydrogens (tertiary/aromatic N) is 4. The molecule has 1 atom stereocenters. The summed E-state index contributed by atoms with van der Waals surface area (Å²) in [7, 11) is 3.53. The molecule has 8 nitrogen and oxygen atoms in total. The molecule has 1 saturated heterocycles. The number of rotatable bonds is 9. The molecule has 1 aliphatic rings. The molecule has 0 aromatic carbocycles. The molecule has 3 rings (SSSR count). The van der Waals surface area contributed by atoms with Crippen molar-refractivity contribution in [1.82, 2.24) is 25.4 Å². The van der Waals surface area contributed by atoms with Crippen LogP contribution in [0.5, 0.6) is 0 Å². The number of furan rings is 1. The fourth-order valence-electron chi connectivity index (χ4n) is 3.78. The van der Waals surface area contributed by atoms with E-state index in [0.717, 1.165) is 31.0 Å². The SMILES string of the molecule is CN=C(NCC(=O)N(C)CCc1ccccn1)NCC(c1ccco1)N1CCCCC1.I. The topological polar surface area (TPSA) is 86.0 Å². The van der Waals surface area contributed by atoms with Gasteiger partial charge in [-0.15, -0.1) is 24.0 Å². The van der Waals surface area contributed by atoms with Gasteiger partial charge in [0.05, 0.1) is 18.8 Å². The third kappa shape index (κ3) is 8.09. The van der Waals surface area contributed by atoms with Crippen LogP contribution in [-0.2, 0) is 11.2 Å². The van der Waals surface area contributed by atoms with Crippen molar-refractivity contribution in [3.8, 4) is 0 Å². The summed E-state index contributed by atoms with van der Waals surface area (Å²) in [6.07, 6.45) is 7.94. The minimum absolute atomic E-state index is 0. The van der Waals surface area contributed by atoms with Gasteiger partial charge in [-0.2, -0.15) is 0 Å². The third-order valence-corrected chi connectivity index (χ3v) is 5.65. The molecule has 176 valence electrons. The van der Waals surface area contributed by atoms with Crippen molar-refractivity contribution < 1.29 is 9.21 Å². The van der Waals surface area contributed by atoms with Gasteiger partial charge in [-0.05, 0) is 50.2 Å². The van der Waals surface area contributed by atoms with Gasteiger partial charge in [0.1, 0.15) is 5.76 Å². The third-order valence-electron chi connectivity index (χ3n) is 5.65. The number of likely N-dealkylation sites (tertiary alicyclic amines) is 1. The molecule has 2 aromatic rings. The van der Waals surface area contributed by atoms with Crippen LogP contribution in [0.3, 0.4) is 0 Å². The first-order valence-electron chi connectivity index (χ1n) is 11.0. The number of hydrogen-bond donors (Lipinski definition) is 2. The smallest absolute Gasteiger partial charge is 0.241 e. The van der Waals surface area contributed by atoms with Crippen molar-refractivity contribution in [3.05, 3.63) is 54.2 Å². The van der Waals surface area contributed by atoms with E-state index in [1.54, 1.807) is 24.4 Å². The van der Waals surface area contributed by atoms with Crippen LogP contribution in [0, 0.1) is 0 Å². The number of aromatic nitrogens is 1. The summed E-state index contributed by atoms with van der Waals surface area (Å²) >= 11 is 0. The second kappa shape index (κ2) is 14.1. The van der Waals surface area contributed by atoms with E-state index in [4.69, 9.17) is 4.42 Å². The van der Waals surface area contributed by atoms with E-state index in [1.807, 2.05) is 37.4 Å². The maximum absolute atomic E-state index is 12.5. The zero-order valence-corrected chi connectivity index (χ0v) is 21.3. The summed E-state index contributed by atoms with van der Waals surface area (Å²) in [4.78, 5) is 25.2. The van der Waals surface area contributed by atoms with Crippen molar-refractivity contribution in [2.24, 2.45) is 4.99 Å². The number of piperidine rings is 1. The summed E-state index contributed by atoms with van der Waals surface area (Å²) in [6, 6.07) is 9.92. The highest BCUT2D eigenvalue weighted by molar-refractivity contribution is 14.0. The molecule has 0 spiro atoms. The lowest BCUT2D eigenvalue weighted by atomic mass is 10.1. The number of hydrogen-bond acceptors (Lipinski definition) is 5. The Morgan fingerprint density at radius 2 is 2.03 bits per heavy atom. The molecular formula is C23H35IN6O2. The fraction of sp³-hybridized carbons (Fsp3) is 0.522. The number of amides is 1. The van der Waals surface area contributed by atoms with E-state index in [0.29, 0.717) is 19.0 Å². The average Bonchev–Trinajstić information content (AvgIpc) is 3.35. The Labute approximate surface area is 207 Å². The Morgan fingerprint density at radius 3 is 2.69 bits per heavy atom. The van der Waals surface area contributed by atoms with E-state index in [9.17, 15) is 4.79 Å². The van der Waals surface area contributed by atoms with Gasteiger partial charge >= 0.3 is 0 Å². The first-order valence-corrected chi connectivity index (χ1v) is 11.0. The number of halogens is 1. The van der Waals surface area contributed by atoms with Gasteiger partial charge in [-0.25, -0.2) is 0 Å². The predicted octanol–water partition coefficient (Wildman–Crippen LogP) is 2.69. The molecule has 0 saturated carbocycles. The van der Waals surface area contributed by atoms with Crippen LogP contribution >= 0.6 is 24.0 Å². The molecule has 1 unspecified atom stereocenters. The number of guanidine groups is 1. The maximum atomic E-state index is 12.5. The molecule has 3 heterocycles. The van der Waals surface area contributed by atoms with Crippen LogP contribution in [0.2, 0.25) is 0 Å². The predicted molar refractivity (Wildman–Crippen MR) is 137 cm³/mol. The molecule has 0 radical (unpaired) electrons. The molecule has 0 bridgehead atoms. The van der Waals surface area contributed by atoms with E-state index in [2.05, 4.69) is 25.5 Å². The fourth-order valence-corrected chi connectivity index (χ4v) is 3.78. The van der Waals surface area contributed by atoms with Gasteiger partial charge in [0.25, 0.3) is 0 Å². The lowest BCUT2D eigenvalue weighted by molar-refractivity contribution is -0.128. The minimum atomic E-state index is 0. The number of carbonyl (C=O) groups excluding carboxylic acids is 1. The monoisotopic (exact) mass is 554 g/mol. The standard InChI is InChI=1S/C23H34N6O2.HI/c1-24-23(27-18-22(30)28(2)15-11-19-9-4-5-12-25-19)26-17-20(21-10-8-16-31-21)29-13-6-3-7-14-29;/h4-5,8-10,12,16,20H,3,6-7,11,13-15,17-18H2,1-2H3,(H2,24,26,27);1H. The normalized spacial score (nSPS) is 15.5. The van der Waals surface area contributed by atoms with Crippen LogP contribution in [0.25, 0.3) is 0 Å². The summed E-state index contributed by atoms with van der Waals surface area (Å²) in [5.41, 5.74) is 0.981. The molecular weight excluding hydrogens is 519 g/mol. The zero-order chi connectivity index (χ0) is 21.9. The second-order valence-corrected chi connectivity index (χ2v) is 7.82. The van der Waals surface area contributed by atoms with Gasteiger partial charge in [-0.3, -0.25) is 19.7 Å². The van der Waals surface area contributed by atoms with Crippen molar-refractivity contribution in [2.45, 2.75) is 31.7 Å². The van der Waals surface area contributed by atoms with Gasteiger partial charge in [0.15, 0.2) is 5.96 Å². The van der Waals surface area contributed by atoms with Crippen molar-refractivity contribution in [2.75, 3.05) is 46.8 Å². The average molecular weight is 554 g/mol. The van der Waals surface area contributed by atoms with E-state index < -0.39 is 0 Å². The molecule has 9 heteroatoms. The minimum Gasteiger partial charge on any atom is -0.468 e. The molecule has 1 fully saturated rings. The number of carbonyl (C=O) groups is 1. The highest BCUT2D eigenvalue weighted by Gasteiger charge is 2.24. The van der Waals surface area contributed by atoms with Crippen LogP contribution < -0.4 is 10.6 Å². The number of aliphatic imine (C=N–C) groups is 1. The molecule has 0 aliphatic carbocycles. The molecule has 2 aromatic heterocycles. The highest BCUT2D eigenvalue weighted by atomic mass is 127. The first-order chi connectivity index (χ1) is 15.2. The van der Waals surface area contributed by atoms with Crippen LogP contribution in [-0.4, -0.2) is 73.5 Å². The Bertz CT molecular complexity index is 809. The Balaban J connectivity index is 0.00000363. The lowest BCUT2D eigenvalue weighted by Gasteiger charge is -2.33. The van der Waals surface area contributed by atoms with Gasteiger partial charge in [0, 0.05) is 45.5 Å². The highest BCUT2D eigenvalue weighted by Crippen LogP contribution is 2.24. The Morgan fingerprint density at radius 1 is 1.22 bits per heavy atom. The van der Waals surface area contributed by atoms with Gasteiger partial charge in [-0.1, -0.05) is 12.5 Å². The van der Waals surface area contributed by atoms with E-state index >= 15 is 0 Å². The second-order valence-electron chi connectivity index (χ2n) is 7.82. The quantitative estimate of drug-likeness (QED) is 0.282. The Hall–Kier alpha value is -2.14. The van der Waals surface area contributed by atoms with Crippen molar-refractivity contribution in [1.29, 1.82) is 0 Å². The van der Waals surface area contributed by atoms with E-state index in [-0.39, 0.29) is 42.5 Å². The molecule has 1 amide bonds. The lowest BCUT2D eigenvalue weighted by Crippen LogP contribution is -2.47. The summed E-state index contributed by atoms with van der Waals surface area (Å²) in [5.74, 6) is 1.58. The largest absolute Gasteiger partial charge is 0.468 e. The Kier molecular flexibility index (Phi) is 11.5. The molecule has 1 aliphatic heterocycles. The number of pyridine rings is 1. The van der Waals surface area contributed by atoms with Crippen LogP contribution in [0.4, 0.5) is 0 Å². The first kappa shape index (κ1) is 26.1. The number of nitrogens with one attached hydrogen (secondary N) is 2. The summed E-state index contributed by atoms with van der Waals surface area (Å²) < 4.78 is 5.70. The van der Waals surface area contributed by atoms with Crippen LogP contribution in [0.15, 0.2) is 52.2 Å². The van der Waals surface area contributed by atoms with Crippen LogP contribution in [0.1, 0.15) is 36.8 Å². The van der Waals surface area contributed by atoms with Gasteiger partial charge < -0.3 is 20.0 Å². The summed E-state index contributed by atoms with van der Waals surface area (Å²) in [5, 5.41) is 6.50. The van der Waals surface area contributed by atoms with Gasteiger partial charge in [0.2, 0.25) is 5.91 Å².